The molecule has 0 heterocycles. The molecule has 1 saturated carbocycles. The van der Waals surface area contributed by atoms with Crippen LogP contribution in [0.15, 0.2) is 42.5 Å². The maximum Gasteiger partial charge on any atom is 0.416 e. The van der Waals surface area contributed by atoms with E-state index < -0.39 is 17.3 Å². The van der Waals surface area contributed by atoms with E-state index in [1.807, 2.05) is 19.1 Å². The van der Waals surface area contributed by atoms with E-state index in [9.17, 15) is 13.2 Å². The summed E-state index contributed by atoms with van der Waals surface area (Å²) in [6, 6.07) is 11.0. The minimum atomic E-state index is -4.37. The molecule has 0 atom stereocenters. The Hall–Kier alpha value is -1.79. The minimum Gasteiger partial charge on any atom is -0.353 e. The van der Waals surface area contributed by atoms with Gasteiger partial charge in [0.2, 0.25) is 0 Å². The molecule has 0 unspecified atom stereocenters. The molecule has 0 amide bonds. The highest BCUT2D eigenvalue weighted by Crippen LogP contribution is 2.41. The average Bonchev–Trinajstić information content (AvgIpc) is 3.07. The molecule has 3 rings (SSSR count). The van der Waals surface area contributed by atoms with E-state index in [1.54, 1.807) is 12.1 Å². The van der Waals surface area contributed by atoms with Gasteiger partial charge in [0, 0.05) is 10.7 Å². The maximum absolute atomic E-state index is 13.1. The first-order valence-corrected chi connectivity index (χ1v) is 9.51. The van der Waals surface area contributed by atoms with Gasteiger partial charge in [-0.05, 0) is 67.4 Å². The van der Waals surface area contributed by atoms with E-state index >= 15 is 0 Å². The van der Waals surface area contributed by atoms with Gasteiger partial charge < -0.3 is 10.6 Å². The van der Waals surface area contributed by atoms with Crippen LogP contribution in [-0.4, -0.2) is 5.11 Å². The average molecular weight is 413 g/mol. The topological polar surface area (TPSA) is 24.1 Å². The molecule has 27 heavy (non-hydrogen) atoms. The van der Waals surface area contributed by atoms with Crippen molar-refractivity contribution >= 4 is 34.6 Å². The second-order valence-corrected chi connectivity index (χ2v) is 7.73. The third kappa shape index (κ3) is 4.55. The number of benzene rings is 2. The van der Waals surface area contributed by atoms with E-state index in [0.717, 1.165) is 43.0 Å². The smallest absolute Gasteiger partial charge is 0.353 e. The van der Waals surface area contributed by atoms with Crippen LogP contribution in [0.2, 0.25) is 5.02 Å². The first kappa shape index (κ1) is 20.0. The van der Waals surface area contributed by atoms with Crippen LogP contribution in [-0.2, 0) is 11.7 Å². The van der Waals surface area contributed by atoms with Crippen molar-refractivity contribution in [2.75, 3.05) is 5.32 Å². The lowest BCUT2D eigenvalue weighted by Crippen LogP contribution is -2.45. The summed E-state index contributed by atoms with van der Waals surface area (Å²) < 4.78 is 39.4. The van der Waals surface area contributed by atoms with Gasteiger partial charge in [-0.3, -0.25) is 0 Å². The summed E-state index contributed by atoms with van der Waals surface area (Å²) in [6.07, 6.45) is -1.05. The summed E-state index contributed by atoms with van der Waals surface area (Å²) in [5.74, 6) is 0. The third-order valence-corrected chi connectivity index (χ3v) is 5.59. The normalized spacial score (nSPS) is 16.2. The first-order valence-electron chi connectivity index (χ1n) is 8.73. The number of hydrogen-bond acceptors (Lipinski definition) is 1. The van der Waals surface area contributed by atoms with Crippen molar-refractivity contribution in [1.29, 1.82) is 0 Å². The number of thiocarbonyl (C=S) groups is 1. The second kappa shape index (κ2) is 7.68. The number of halogens is 4. The lowest BCUT2D eigenvalue weighted by Gasteiger charge is -2.33. The number of anilines is 1. The Bertz CT molecular complexity index is 845. The van der Waals surface area contributed by atoms with Crippen LogP contribution in [0.4, 0.5) is 18.9 Å². The Balaban J connectivity index is 1.83. The van der Waals surface area contributed by atoms with Crippen molar-refractivity contribution in [3.05, 3.63) is 64.2 Å². The molecule has 2 N–H and O–H groups in total. The predicted octanol–water partition coefficient (Wildman–Crippen LogP) is 6.42. The lowest BCUT2D eigenvalue weighted by molar-refractivity contribution is -0.137. The molecule has 0 radical (unpaired) electrons. The second-order valence-electron chi connectivity index (χ2n) is 6.91. The van der Waals surface area contributed by atoms with Crippen LogP contribution in [0.25, 0.3) is 0 Å². The van der Waals surface area contributed by atoms with Crippen molar-refractivity contribution in [2.24, 2.45) is 0 Å². The quantitative estimate of drug-likeness (QED) is 0.568. The molecule has 1 aliphatic rings. The van der Waals surface area contributed by atoms with Crippen LogP contribution in [0.3, 0.4) is 0 Å². The fourth-order valence-corrected chi connectivity index (χ4v) is 4.00. The number of nitrogens with one attached hydrogen (secondary N) is 2. The van der Waals surface area contributed by atoms with Crippen molar-refractivity contribution in [2.45, 2.75) is 44.3 Å². The fraction of sp³-hybridized carbons (Fsp3) is 0.350. The first-order chi connectivity index (χ1) is 12.7. The van der Waals surface area contributed by atoms with Crippen LogP contribution in [0.1, 0.15) is 42.4 Å². The van der Waals surface area contributed by atoms with Crippen LogP contribution >= 0.6 is 23.8 Å². The summed E-state index contributed by atoms with van der Waals surface area (Å²) in [4.78, 5) is 0. The van der Waals surface area contributed by atoms with Crippen LogP contribution in [0, 0.1) is 6.92 Å². The summed E-state index contributed by atoms with van der Waals surface area (Å²) in [5, 5.41) is 7.36. The molecule has 1 aliphatic carbocycles. The summed E-state index contributed by atoms with van der Waals surface area (Å²) in [6.45, 7) is 1.91. The molecule has 1 fully saturated rings. The molecule has 2 aromatic carbocycles. The largest absolute Gasteiger partial charge is 0.416 e. The zero-order chi connectivity index (χ0) is 19.7. The molecule has 0 bridgehead atoms. The van der Waals surface area contributed by atoms with Gasteiger partial charge in [0.15, 0.2) is 5.11 Å². The van der Waals surface area contributed by atoms with Gasteiger partial charge in [0.25, 0.3) is 0 Å². The fourth-order valence-electron chi connectivity index (χ4n) is 3.51. The van der Waals surface area contributed by atoms with Gasteiger partial charge in [0.05, 0.1) is 11.1 Å². The highest BCUT2D eigenvalue weighted by atomic mass is 35.5. The van der Waals surface area contributed by atoms with E-state index in [0.29, 0.717) is 15.7 Å². The van der Waals surface area contributed by atoms with E-state index in [4.69, 9.17) is 23.8 Å². The molecule has 2 nitrogen and oxygen atoms in total. The summed E-state index contributed by atoms with van der Waals surface area (Å²) in [5.41, 5.74) is 1.07. The Morgan fingerprint density at radius 1 is 1.11 bits per heavy atom. The zero-order valence-corrected chi connectivity index (χ0v) is 16.4. The Kier molecular flexibility index (Phi) is 5.68. The van der Waals surface area contributed by atoms with Gasteiger partial charge in [-0.25, -0.2) is 0 Å². The van der Waals surface area contributed by atoms with Gasteiger partial charge in [-0.15, -0.1) is 0 Å². The number of aryl methyl sites for hydroxylation is 1. The highest BCUT2D eigenvalue weighted by molar-refractivity contribution is 7.80. The molecule has 0 aliphatic heterocycles. The van der Waals surface area contributed by atoms with Crippen molar-refractivity contribution < 1.29 is 13.2 Å². The van der Waals surface area contributed by atoms with E-state index in [1.165, 1.54) is 12.1 Å². The molecule has 0 aromatic heterocycles. The van der Waals surface area contributed by atoms with Gasteiger partial charge in [-0.1, -0.05) is 42.6 Å². The molecule has 0 saturated heterocycles. The van der Waals surface area contributed by atoms with E-state index in [2.05, 4.69) is 10.6 Å². The summed E-state index contributed by atoms with van der Waals surface area (Å²) >= 11 is 11.6. The van der Waals surface area contributed by atoms with Crippen molar-refractivity contribution in [3.8, 4) is 0 Å². The highest BCUT2D eigenvalue weighted by Gasteiger charge is 2.38. The molecule has 2 aromatic rings. The number of hydrogen-bond donors (Lipinski definition) is 2. The molecule has 7 heteroatoms. The van der Waals surface area contributed by atoms with E-state index in [-0.39, 0.29) is 0 Å². The summed E-state index contributed by atoms with van der Waals surface area (Å²) in [7, 11) is 0. The molecule has 0 spiro atoms. The number of rotatable bonds is 3. The van der Waals surface area contributed by atoms with Crippen molar-refractivity contribution in [3.63, 3.8) is 0 Å². The van der Waals surface area contributed by atoms with Crippen LogP contribution in [0.5, 0.6) is 0 Å². The van der Waals surface area contributed by atoms with Crippen molar-refractivity contribution in [1.82, 2.24) is 5.32 Å². The van der Waals surface area contributed by atoms with Gasteiger partial charge >= 0.3 is 6.18 Å². The Morgan fingerprint density at radius 3 is 2.44 bits per heavy atom. The van der Waals surface area contributed by atoms with Crippen LogP contribution < -0.4 is 10.6 Å². The minimum absolute atomic E-state index is 0.370. The predicted molar refractivity (Wildman–Crippen MR) is 107 cm³/mol. The maximum atomic E-state index is 13.1. The number of alkyl halides is 3. The standard InChI is InChI=1S/C20H20ClF3N2S/c1-13-7-8-16(12-17(13)21)25-18(27)26-19(9-2-3-10-19)14-5-4-6-15(11-14)20(22,23)24/h4-8,11-12H,2-3,9-10H2,1H3,(H2,25,26,27). The Morgan fingerprint density at radius 2 is 1.81 bits per heavy atom. The SMILES string of the molecule is Cc1ccc(NC(=S)NC2(c3cccc(C(F)(F)F)c3)CCCC2)cc1Cl. The monoisotopic (exact) mass is 412 g/mol. The van der Waals surface area contributed by atoms with Gasteiger partial charge in [0.1, 0.15) is 0 Å². The van der Waals surface area contributed by atoms with Gasteiger partial charge in [-0.2, -0.15) is 13.2 Å². The zero-order valence-electron chi connectivity index (χ0n) is 14.8. The molecular weight excluding hydrogens is 393 g/mol. The lowest BCUT2D eigenvalue weighted by atomic mass is 9.87. The Labute approximate surface area is 167 Å². The molecule has 144 valence electrons. The third-order valence-electron chi connectivity index (χ3n) is 4.98. The molecular formula is C20H20ClF3N2S.